The molecular weight excluding hydrogens is 228 g/mol. The van der Waals surface area contributed by atoms with Crippen molar-refractivity contribution in [3.05, 3.63) is 47.8 Å². The van der Waals surface area contributed by atoms with E-state index in [9.17, 15) is 4.79 Å². The molecule has 0 spiro atoms. The van der Waals surface area contributed by atoms with Crippen LogP contribution in [0.1, 0.15) is 17.0 Å². The molecule has 0 saturated heterocycles. The number of nitrogens with zero attached hydrogens (tertiary/aromatic N) is 2. The Balaban J connectivity index is 1.78. The predicted molar refractivity (Wildman–Crippen MR) is 66.6 cm³/mol. The lowest BCUT2D eigenvalue weighted by Crippen LogP contribution is -2.16. The van der Waals surface area contributed by atoms with Crippen LogP contribution in [0.2, 0.25) is 0 Å². The molecule has 92 valence electrons. The van der Waals surface area contributed by atoms with E-state index in [0.29, 0.717) is 13.0 Å². The highest BCUT2D eigenvalue weighted by Crippen LogP contribution is 2.34. The third kappa shape index (κ3) is 1.90. The van der Waals surface area contributed by atoms with Gasteiger partial charge in [-0.3, -0.25) is 9.48 Å². The highest BCUT2D eigenvalue weighted by Gasteiger charge is 2.29. The molecule has 1 unspecified atom stereocenters. The first-order chi connectivity index (χ1) is 8.74. The van der Waals surface area contributed by atoms with Crippen LogP contribution < -0.4 is 4.74 Å². The van der Waals surface area contributed by atoms with Crippen LogP contribution in [0.25, 0.3) is 0 Å². The molecule has 18 heavy (non-hydrogen) atoms. The minimum absolute atomic E-state index is 0.138. The summed E-state index contributed by atoms with van der Waals surface area (Å²) in [5.41, 5.74) is 1.96. The summed E-state index contributed by atoms with van der Waals surface area (Å²) in [6, 6.07) is 7.74. The minimum atomic E-state index is -0.138. The zero-order valence-corrected chi connectivity index (χ0v) is 10.2. The van der Waals surface area contributed by atoms with Crippen molar-refractivity contribution in [1.82, 2.24) is 9.78 Å². The molecule has 0 radical (unpaired) electrons. The molecule has 0 fully saturated rings. The summed E-state index contributed by atoms with van der Waals surface area (Å²) in [7, 11) is 1.85. The first kappa shape index (κ1) is 11.0. The number of ketones is 1. The molecule has 2 heterocycles. The number of para-hydroxylation sites is 1. The molecule has 0 N–H and O–H groups in total. The van der Waals surface area contributed by atoms with Gasteiger partial charge in [0.15, 0.2) is 0 Å². The summed E-state index contributed by atoms with van der Waals surface area (Å²) < 4.78 is 7.24. The highest BCUT2D eigenvalue weighted by molar-refractivity contribution is 5.89. The fourth-order valence-corrected chi connectivity index (χ4v) is 2.32. The standard InChI is InChI=1S/C14H14N2O2/c1-16-8-10(7-15-16)6-13(17)12-9-18-14-5-3-2-4-11(12)14/h2-5,7-8,12H,6,9H2,1H3. The molecule has 4 heteroatoms. The van der Waals surface area contributed by atoms with E-state index < -0.39 is 0 Å². The Hall–Kier alpha value is -2.10. The number of Topliss-reactive ketones (excluding diaryl/α,β-unsaturated/α-hetero) is 1. The van der Waals surface area contributed by atoms with Crippen LogP contribution in [0.3, 0.4) is 0 Å². The Bertz CT molecular complexity index is 589. The van der Waals surface area contributed by atoms with Crippen LogP contribution in [-0.4, -0.2) is 22.2 Å². The van der Waals surface area contributed by atoms with Gasteiger partial charge in [0.2, 0.25) is 0 Å². The Kier molecular flexibility index (Phi) is 2.63. The van der Waals surface area contributed by atoms with Gasteiger partial charge in [0.1, 0.15) is 18.1 Å². The van der Waals surface area contributed by atoms with E-state index in [2.05, 4.69) is 5.10 Å². The fraction of sp³-hybridized carbons (Fsp3) is 0.286. The number of carbonyl (C=O) groups is 1. The van der Waals surface area contributed by atoms with E-state index in [4.69, 9.17) is 4.74 Å². The lowest BCUT2D eigenvalue weighted by molar-refractivity contribution is -0.120. The Morgan fingerprint density at radius 2 is 2.33 bits per heavy atom. The van der Waals surface area contributed by atoms with Crippen LogP contribution in [0.5, 0.6) is 5.75 Å². The van der Waals surface area contributed by atoms with Gasteiger partial charge in [-0.1, -0.05) is 18.2 Å². The van der Waals surface area contributed by atoms with Crippen molar-refractivity contribution >= 4 is 5.78 Å². The van der Waals surface area contributed by atoms with Crippen LogP contribution in [0.15, 0.2) is 36.7 Å². The fourth-order valence-electron chi connectivity index (χ4n) is 2.32. The number of carbonyl (C=O) groups excluding carboxylic acids is 1. The lowest BCUT2D eigenvalue weighted by atomic mass is 9.93. The molecule has 0 aliphatic carbocycles. The first-order valence-corrected chi connectivity index (χ1v) is 5.96. The Morgan fingerprint density at radius 1 is 1.50 bits per heavy atom. The average Bonchev–Trinajstić information content (AvgIpc) is 2.95. The van der Waals surface area contributed by atoms with Crippen molar-refractivity contribution in [2.75, 3.05) is 6.61 Å². The third-order valence-electron chi connectivity index (χ3n) is 3.23. The molecule has 4 nitrogen and oxygen atoms in total. The average molecular weight is 242 g/mol. The van der Waals surface area contributed by atoms with Crippen molar-refractivity contribution in [1.29, 1.82) is 0 Å². The number of aromatic nitrogens is 2. The first-order valence-electron chi connectivity index (χ1n) is 5.96. The number of aryl methyl sites for hydroxylation is 1. The van der Waals surface area contributed by atoms with E-state index >= 15 is 0 Å². The minimum Gasteiger partial charge on any atom is -0.492 e. The largest absolute Gasteiger partial charge is 0.492 e. The van der Waals surface area contributed by atoms with Crippen LogP contribution in [-0.2, 0) is 18.3 Å². The van der Waals surface area contributed by atoms with Crippen molar-refractivity contribution in [3.63, 3.8) is 0 Å². The summed E-state index contributed by atoms with van der Waals surface area (Å²) in [5, 5.41) is 4.07. The zero-order chi connectivity index (χ0) is 12.5. The van der Waals surface area contributed by atoms with Gasteiger partial charge in [-0.15, -0.1) is 0 Å². The van der Waals surface area contributed by atoms with Gasteiger partial charge < -0.3 is 4.74 Å². The number of fused-ring (bicyclic) bond motifs is 1. The summed E-state index contributed by atoms with van der Waals surface area (Å²) in [6.45, 7) is 0.457. The van der Waals surface area contributed by atoms with Crippen LogP contribution >= 0.6 is 0 Å². The molecule has 1 aromatic carbocycles. The maximum atomic E-state index is 12.3. The molecule has 1 atom stereocenters. The lowest BCUT2D eigenvalue weighted by Gasteiger charge is -2.06. The summed E-state index contributed by atoms with van der Waals surface area (Å²) in [6.07, 6.45) is 4.02. The molecule has 0 amide bonds. The Morgan fingerprint density at radius 3 is 3.11 bits per heavy atom. The molecule has 0 saturated carbocycles. The van der Waals surface area contributed by atoms with Gasteiger partial charge in [0, 0.05) is 25.2 Å². The van der Waals surface area contributed by atoms with E-state index in [1.165, 1.54) is 0 Å². The number of ether oxygens (including phenoxy) is 1. The van der Waals surface area contributed by atoms with Crippen molar-refractivity contribution in [3.8, 4) is 5.75 Å². The number of rotatable bonds is 3. The molecule has 1 aromatic heterocycles. The predicted octanol–water partition coefficient (Wildman–Crippen LogP) is 1.71. The van der Waals surface area contributed by atoms with Crippen molar-refractivity contribution in [2.45, 2.75) is 12.3 Å². The Labute approximate surface area is 105 Å². The van der Waals surface area contributed by atoms with E-state index in [-0.39, 0.29) is 11.7 Å². The van der Waals surface area contributed by atoms with Gasteiger partial charge in [-0.2, -0.15) is 5.10 Å². The van der Waals surface area contributed by atoms with Crippen molar-refractivity contribution in [2.24, 2.45) is 7.05 Å². The quantitative estimate of drug-likeness (QED) is 0.823. The van der Waals surface area contributed by atoms with Crippen LogP contribution in [0, 0.1) is 0 Å². The molecular formula is C14H14N2O2. The second-order valence-electron chi connectivity index (χ2n) is 4.57. The SMILES string of the molecule is Cn1cc(CC(=O)C2COc3ccccc32)cn1. The molecule has 3 rings (SSSR count). The summed E-state index contributed by atoms with van der Waals surface area (Å²) in [4.78, 5) is 12.3. The second-order valence-corrected chi connectivity index (χ2v) is 4.57. The maximum Gasteiger partial charge on any atom is 0.148 e. The summed E-state index contributed by atoms with van der Waals surface area (Å²) in [5.74, 6) is 0.886. The van der Waals surface area contributed by atoms with Gasteiger partial charge in [-0.05, 0) is 11.6 Å². The smallest absolute Gasteiger partial charge is 0.148 e. The van der Waals surface area contributed by atoms with Gasteiger partial charge in [0.05, 0.1) is 12.1 Å². The van der Waals surface area contributed by atoms with Gasteiger partial charge >= 0.3 is 0 Å². The number of hydrogen-bond donors (Lipinski definition) is 0. The topological polar surface area (TPSA) is 44.1 Å². The molecule has 0 bridgehead atoms. The molecule has 1 aliphatic rings. The number of hydrogen-bond acceptors (Lipinski definition) is 3. The van der Waals surface area contributed by atoms with E-state index in [1.807, 2.05) is 37.5 Å². The number of benzene rings is 1. The van der Waals surface area contributed by atoms with Crippen molar-refractivity contribution < 1.29 is 9.53 Å². The highest BCUT2D eigenvalue weighted by atomic mass is 16.5. The molecule has 2 aromatic rings. The van der Waals surface area contributed by atoms with Crippen LogP contribution in [0.4, 0.5) is 0 Å². The normalized spacial score (nSPS) is 17.3. The molecule has 1 aliphatic heterocycles. The monoisotopic (exact) mass is 242 g/mol. The van der Waals surface area contributed by atoms with E-state index in [1.54, 1.807) is 10.9 Å². The van der Waals surface area contributed by atoms with Gasteiger partial charge in [-0.25, -0.2) is 0 Å². The maximum absolute atomic E-state index is 12.3. The van der Waals surface area contributed by atoms with Gasteiger partial charge in [0.25, 0.3) is 0 Å². The second kappa shape index (κ2) is 4.29. The zero-order valence-electron chi connectivity index (χ0n) is 10.2. The third-order valence-corrected chi connectivity index (χ3v) is 3.23. The van der Waals surface area contributed by atoms with E-state index in [0.717, 1.165) is 16.9 Å². The summed E-state index contributed by atoms with van der Waals surface area (Å²) >= 11 is 0.